The van der Waals surface area contributed by atoms with Crippen molar-refractivity contribution in [2.45, 2.75) is 26.2 Å². The van der Waals surface area contributed by atoms with Crippen molar-refractivity contribution in [1.82, 2.24) is 4.98 Å². The van der Waals surface area contributed by atoms with E-state index in [9.17, 15) is 4.79 Å². The molecule has 1 heterocycles. The van der Waals surface area contributed by atoms with Gasteiger partial charge in [-0.25, -0.2) is 4.98 Å². The predicted octanol–water partition coefficient (Wildman–Crippen LogP) is 2.15. The number of pyridine rings is 1. The van der Waals surface area contributed by atoms with Crippen LogP contribution in [0.5, 0.6) is 0 Å². The van der Waals surface area contributed by atoms with Crippen molar-refractivity contribution < 1.29 is 9.53 Å². The SMILES string of the molecule is COC(=O)CCCCNc1cccc(C)n1. The summed E-state index contributed by atoms with van der Waals surface area (Å²) in [6.45, 7) is 2.79. The molecule has 0 amide bonds. The van der Waals surface area contributed by atoms with E-state index in [1.807, 2.05) is 25.1 Å². The number of methoxy groups -OCH3 is 1. The second kappa shape index (κ2) is 6.82. The maximum Gasteiger partial charge on any atom is 0.305 e. The first-order valence-corrected chi connectivity index (χ1v) is 5.46. The fourth-order valence-corrected chi connectivity index (χ4v) is 1.35. The first kappa shape index (κ1) is 12.5. The molecule has 0 aliphatic heterocycles. The van der Waals surface area contributed by atoms with E-state index in [0.29, 0.717) is 6.42 Å². The Kier molecular flexibility index (Phi) is 5.32. The number of aryl methyl sites for hydroxylation is 1. The molecule has 0 radical (unpaired) electrons. The number of unbranched alkanes of at least 4 members (excludes halogenated alkanes) is 1. The number of rotatable bonds is 6. The van der Waals surface area contributed by atoms with Crippen molar-refractivity contribution in [3.05, 3.63) is 23.9 Å². The zero-order chi connectivity index (χ0) is 11.8. The molecule has 4 nitrogen and oxygen atoms in total. The van der Waals surface area contributed by atoms with Gasteiger partial charge in [0.1, 0.15) is 5.82 Å². The van der Waals surface area contributed by atoms with Crippen LogP contribution < -0.4 is 5.32 Å². The number of hydrogen-bond donors (Lipinski definition) is 1. The molecule has 0 saturated heterocycles. The third kappa shape index (κ3) is 4.77. The molecule has 0 bridgehead atoms. The molecule has 0 unspecified atom stereocenters. The lowest BCUT2D eigenvalue weighted by molar-refractivity contribution is -0.140. The highest BCUT2D eigenvalue weighted by Crippen LogP contribution is 2.04. The summed E-state index contributed by atoms with van der Waals surface area (Å²) in [5.74, 6) is 0.742. The Hall–Kier alpha value is -1.58. The third-order valence-electron chi connectivity index (χ3n) is 2.23. The van der Waals surface area contributed by atoms with Crippen LogP contribution >= 0.6 is 0 Å². The molecule has 88 valence electrons. The third-order valence-corrected chi connectivity index (χ3v) is 2.23. The summed E-state index contributed by atoms with van der Waals surface area (Å²) in [6, 6.07) is 5.87. The Morgan fingerprint density at radius 2 is 2.25 bits per heavy atom. The van der Waals surface area contributed by atoms with Gasteiger partial charge in [0.25, 0.3) is 0 Å². The highest BCUT2D eigenvalue weighted by atomic mass is 16.5. The van der Waals surface area contributed by atoms with E-state index >= 15 is 0 Å². The number of nitrogens with zero attached hydrogens (tertiary/aromatic N) is 1. The Bertz CT molecular complexity index is 340. The lowest BCUT2D eigenvalue weighted by Crippen LogP contribution is -2.05. The number of esters is 1. The summed E-state index contributed by atoms with van der Waals surface area (Å²) in [6.07, 6.45) is 2.26. The number of aromatic nitrogens is 1. The van der Waals surface area contributed by atoms with Crippen molar-refractivity contribution in [3.8, 4) is 0 Å². The molecule has 1 N–H and O–H groups in total. The minimum Gasteiger partial charge on any atom is -0.469 e. The average molecular weight is 222 g/mol. The molecule has 0 aliphatic rings. The van der Waals surface area contributed by atoms with Gasteiger partial charge in [0.05, 0.1) is 7.11 Å². The first-order chi connectivity index (χ1) is 7.72. The maximum atomic E-state index is 10.8. The van der Waals surface area contributed by atoms with Crippen LogP contribution in [0.4, 0.5) is 5.82 Å². The fourth-order valence-electron chi connectivity index (χ4n) is 1.35. The molecule has 0 saturated carbocycles. The molecule has 0 aromatic carbocycles. The molecule has 0 aliphatic carbocycles. The lowest BCUT2D eigenvalue weighted by Gasteiger charge is -2.05. The Morgan fingerprint density at radius 1 is 1.44 bits per heavy atom. The summed E-state index contributed by atoms with van der Waals surface area (Å²) in [7, 11) is 1.41. The van der Waals surface area contributed by atoms with Crippen LogP contribution in [0.15, 0.2) is 18.2 Å². The van der Waals surface area contributed by atoms with Crippen molar-refractivity contribution >= 4 is 11.8 Å². The van der Waals surface area contributed by atoms with Gasteiger partial charge in [-0.3, -0.25) is 4.79 Å². The number of nitrogens with one attached hydrogen (secondary N) is 1. The van der Waals surface area contributed by atoms with E-state index in [1.54, 1.807) is 0 Å². The predicted molar refractivity (Wildman–Crippen MR) is 63.3 cm³/mol. The Morgan fingerprint density at radius 3 is 2.94 bits per heavy atom. The summed E-state index contributed by atoms with van der Waals surface area (Å²) >= 11 is 0. The lowest BCUT2D eigenvalue weighted by atomic mass is 10.2. The zero-order valence-electron chi connectivity index (χ0n) is 9.82. The minimum absolute atomic E-state index is 0.145. The van der Waals surface area contributed by atoms with Gasteiger partial charge in [0, 0.05) is 18.7 Å². The summed E-state index contributed by atoms with van der Waals surface area (Å²) < 4.78 is 4.56. The number of anilines is 1. The van der Waals surface area contributed by atoms with Gasteiger partial charge in [0.2, 0.25) is 0 Å². The van der Waals surface area contributed by atoms with E-state index in [1.165, 1.54) is 7.11 Å². The summed E-state index contributed by atoms with van der Waals surface area (Å²) in [4.78, 5) is 15.2. The van der Waals surface area contributed by atoms with Crippen LogP contribution in [-0.4, -0.2) is 24.6 Å². The van der Waals surface area contributed by atoms with Crippen LogP contribution in [-0.2, 0) is 9.53 Å². The van der Waals surface area contributed by atoms with Gasteiger partial charge < -0.3 is 10.1 Å². The van der Waals surface area contributed by atoms with E-state index in [-0.39, 0.29) is 5.97 Å². The maximum absolute atomic E-state index is 10.8. The number of carbonyl (C=O) groups is 1. The van der Waals surface area contributed by atoms with Gasteiger partial charge in [-0.05, 0) is 31.9 Å². The van der Waals surface area contributed by atoms with Gasteiger partial charge >= 0.3 is 5.97 Å². The first-order valence-electron chi connectivity index (χ1n) is 5.46. The fraction of sp³-hybridized carbons (Fsp3) is 0.500. The van der Waals surface area contributed by atoms with Crippen LogP contribution in [0.1, 0.15) is 25.0 Å². The molecule has 16 heavy (non-hydrogen) atoms. The highest BCUT2D eigenvalue weighted by Gasteiger charge is 1.99. The van der Waals surface area contributed by atoms with Gasteiger partial charge in [-0.15, -0.1) is 0 Å². The normalized spacial score (nSPS) is 9.88. The van der Waals surface area contributed by atoms with E-state index < -0.39 is 0 Å². The molecule has 4 heteroatoms. The molecule has 1 rings (SSSR count). The van der Waals surface area contributed by atoms with Crippen LogP contribution in [0.2, 0.25) is 0 Å². The smallest absolute Gasteiger partial charge is 0.305 e. The Labute approximate surface area is 96.0 Å². The van der Waals surface area contributed by atoms with Gasteiger partial charge in [-0.1, -0.05) is 6.07 Å². The number of hydrogen-bond acceptors (Lipinski definition) is 4. The van der Waals surface area contributed by atoms with Crippen molar-refractivity contribution in [2.75, 3.05) is 19.0 Å². The highest BCUT2D eigenvalue weighted by molar-refractivity contribution is 5.68. The van der Waals surface area contributed by atoms with Crippen LogP contribution in [0, 0.1) is 6.92 Å². The molecular weight excluding hydrogens is 204 g/mol. The van der Waals surface area contributed by atoms with Crippen molar-refractivity contribution in [2.24, 2.45) is 0 Å². The number of carbonyl (C=O) groups excluding carboxylic acids is 1. The molecular formula is C12H18N2O2. The molecule has 0 atom stereocenters. The molecule has 0 spiro atoms. The summed E-state index contributed by atoms with van der Waals surface area (Å²) in [5.41, 5.74) is 1.000. The molecule has 1 aromatic rings. The van der Waals surface area contributed by atoms with Crippen molar-refractivity contribution in [3.63, 3.8) is 0 Å². The summed E-state index contributed by atoms with van der Waals surface area (Å²) in [5, 5.41) is 3.21. The van der Waals surface area contributed by atoms with E-state index in [0.717, 1.165) is 30.9 Å². The minimum atomic E-state index is -0.145. The van der Waals surface area contributed by atoms with E-state index in [2.05, 4.69) is 15.0 Å². The molecule has 1 aromatic heterocycles. The quantitative estimate of drug-likeness (QED) is 0.592. The monoisotopic (exact) mass is 222 g/mol. The van der Waals surface area contributed by atoms with Crippen LogP contribution in [0.25, 0.3) is 0 Å². The largest absolute Gasteiger partial charge is 0.469 e. The average Bonchev–Trinajstić information content (AvgIpc) is 2.28. The van der Waals surface area contributed by atoms with Gasteiger partial charge in [-0.2, -0.15) is 0 Å². The van der Waals surface area contributed by atoms with Crippen LogP contribution in [0.3, 0.4) is 0 Å². The van der Waals surface area contributed by atoms with Crippen molar-refractivity contribution in [1.29, 1.82) is 0 Å². The Balaban J connectivity index is 2.14. The topological polar surface area (TPSA) is 51.2 Å². The zero-order valence-corrected chi connectivity index (χ0v) is 9.82. The van der Waals surface area contributed by atoms with Gasteiger partial charge in [0.15, 0.2) is 0 Å². The standard InChI is InChI=1S/C12H18N2O2/c1-10-6-5-7-11(14-10)13-9-4-3-8-12(15)16-2/h5-7H,3-4,8-9H2,1-2H3,(H,13,14). The second-order valence-corrected chi connectivity index (χ2v) is 3.62. The molecule has 0 fully saturated rings. The van der Waals surface area contributed by atoms with E-state index in [4.69, 9.17) is 0 Å². The second-order valence-electron chi connectivity index (χ2n) is 3.62. The number of ether oxygens (including phenoxy) is 1.